The third-order valence-electron chi connectivity index (χ3n) is 2.42. The zero-order valence-corrected chi connectivity index (χ0v) is 12.7. The summed E-state index contributed by atoms with van der Waals surface area (Å²) in [6, 6.07) is 9.86. The highest BCUT2D eigenvalue weighted by Gasteiger charge is 2.00. The van der Waals surface area contributed by atoms with E-state index >= 15 is 0 Å². The molecule has 0 radical (unpaired) electrons. The van der Waals surface area contributed by atoms with Crippen LogP contribution in [0.3, 0.4) is 0 Å². The SMILES string of the molecule is CC(=O)C(=C/NCOCc1ccccc1)/N=C/OC(C)C. The van der Waals surface area contributed by atoms with Crippen LogP contribution >= 0.6 is 0 Å². The topological polar surface area (TPSA) is 59.9 Å². The molecule has 1 rings (SSSR count). The molecule has 0 aliphatic heterocycles. The lowest BCUT2D eigenvalue weighted by Crippen LogP contribution is -2.13. The number of nitrogens with zero attached hydrogens (tertiary/aromatic N) is 1. The average Bonchev–Trinajstić information content (AvgIpc) is 2.45. The number of hydrogen-bond acceptors (Lipinski definition) is 5. The molecule has 1 N–H and O–H groups in total. The highest BCUT2D eigenvalue weighted by atomic mass is 16.5. The van der Waals surface area contributed by atoms with Gasteiger partial charge in [0.1, 0.15) is 12.4 Å². The van der Waals surface area contributed by atoms with E-state index < -0.39 is 0 Å². The van der Waals surface area contributed by atoms with E-state index in [2.05, 4.69) is 10.3 Å². The highest BCUT2D eigenvalue weighted by Crippen LogP contribution is 2.00. The first-order valence-electron chi connectivity index (χ1n) is 6.83. The second-order valence-electron chi connectivity index (χ2n) is 4.69. The second-order valence-corrected chi connectivity index (χ2v) is 4.69. The number of hydrogen-bond donors (Lipinski definition) is 1. The van der Waals surface area contributed by atoms with Crippen LogP contribution in [-0.4, -0.2) is 25.0 Å². The summed E-state index contributed by atoms with van der Waals surface area (Å²) in [4.78, 5) is 15.4. The van der Waals surface area contributed by atoms with Gasteiger partial charge in [0.2, 0.25) is 0 Å². The maximum atomic E-state index is 11.4. The summed E-state index contributed by atoms with van der Waals surface area (Å²) < 4.78 is 10.6. The molecule has 0 aliphatic carbocycles. The van der Waals surface area contributed by atoms with Gasteiger partial charge in [-0.05, 0) is 19.4 Å². The smallest absolute Gasteiger partial charge is 0.179 e. The summed E-state index contributed by atoms with van der Waals surface area (Å²) in [7, 11) is 0. The Morgan fingerprint density at radius 3 is 2.67 bits per heavy atom. The number of nitrogens with one attached hydrogen (secondary N) is 1. The van der Waals surface area contributed by atoms with E-state index in [0.29, 0.717) is 19.0 Å². The first kappa shape index (κ1) is 16.9. The molecule has 0 aromatic heterocycles. The second kappa shape index (κ2) is 9.72. The Kier molecular flexibility index (Phi) is 7.82. The molecule has 0 atom stereocenters. The van der Waals surface area contributed by atoms with Crippen LogP contribution in [0.5, 0.6) is 0 Å². The summed E-state index contributed by atoms with van der Waals surface area (Å²) in [6.45, 7) is 6.03. The van der Waals surface area contributed by atoms with Crippen LogP contribution in [0, 0.1) is 0 Å². The number of carbonyl (C=O) groups excluding carboxylic acids is 1. The standard InChI is InChI=1S/C16H22N2O3/c1-13(2)21-12-18-16(14(3)19)9-17-11-20-10-15-7-5-4-6-8-15/h4-9,12-13,17H,10-11H2,1-3H3/b16-9-,18-12+. The molecule has 0 saturated carbocycles. The fourth-order valence-electron chi connectivity index (χ4n) is 1.38. The van der Waals surface area contributed by atoms with Gasteiger partial charge < -0.3 is 14.8 Å². The molecule has 0 bridgehead atoms. The van der Waals surface area contributed by atoms with Crippen molar-refractivity contribution in [2.75, 3.05) is 6.73 Å². The van der Waals surface area contributed by atoms with Crippen molar-refractivity contribution in [3.8, 4) is 0 Å². The summed E-state index contributed by atoms with van der Waals surface area (Å²) in [5.74, 6) is -0.144. The molecule has 0 amide bonds. The molecule has 21 heavy (non-hydrogen) atoms. The Morgan fingerprint density at radius 1 is 1.33 bits per heavy atom. The number of aliphatic imine (C=N–C) groups is 1. The molecule has 0 fully saturated rings. The summed E-state index contributed by atoms with van der Waals surface area (Å²) in [5.41, 5.74) is 1.39. The minimum absolute atomic E-state index is 0.0316. The summed E-state index contributed by atoms with van der Waals surface area (Å²) >= 11 is 0. The number of ketones is 1. The number of rotatable bonds is 9. The predicted octanol–water partition coefficient (Wildman–Crippen LogP) is 2.63. The van der Waals surface area contributed by atoms with Crippen molar-refractivity contribution in [2.45, 2.75) is 33.5 Å². The molecule has 1 aromatic carbocycles. The van der Waals surface area contributed by atoms with Gasteiger partial charge >= 0.3 is 0 Å². The zero-order valence-electron chi connectivity index (χ0n) is 12.7. The summed E-state index contributed by atoms with van der Waals surface area (Å²) in [6.07, 6.45) is 2.84. The Bertz CT molecular complexity index is 482. The van der Waals surface area contributed by atoms with Crippen LogP contribution in [0.4, 0.5) is 0 Å². The van der Waals surface area contributed by atoms with Crippen molar-refractivity contribution >= 4 is 12.2 Å². The lowest BCUT2D eigenvalue weighted by molar-refractivity contribution is -0.113. The van der Waals surface area contributed by atoms with Gasteiger partial charge in [0, 0.05) is 13.1 Å². The molecule has 1 aromatic rings. The third kappa shape index (κ3) is 7.89. The van der Waals surface area contributed by atoms with Gasteiger partial charge in [0.05, 0.1) is 12.7 Å². The Hall–Kier alpha value is -2.14. The van der Waals surface area contributed by atoms with Crippen LogP contribution in [0.2, 0.25) is 0 Å². The van der Waals surface area contributed by atoms with Crippen molar-refractivity contribution < 1.29 is 14.3 Å². The first-order chi connectivity index (χ1) is 10.1. The van der Waals surface area contributed by atoms with E-state index in [1.54, 1.807) is 0 Å². The monoisotopic (exact) mass is 290 g/mol. The average molecular weight is 290 g/mol. The lowest BCUT2D eigenvalue weighted by Gasteiger charge is -2.05. The Balaban J connectivity index is 2.34. The van der Waals surface area contributed by atoms with E-state index in [1.807, 2.05) is 44.2 Å². The fourth-order valence-corrected chi connectivity index (χ4v) is 1.38. The maximum absolute atomic E-state index is 11.4. The Morgan fingerprint density at radius 2 is 2.05 bits per heavy atom. The number of allylic oxidation sites excluding steroid dienone is 1. The van der Waals surface area contributed by atoms with Crippen molar-refractivity contribution in [3.05, 3.63) is 47.8 Å². The Labute approximate surface area is 125 Å². The minimum atomic E-state index is -0.144. The molecule has 5 heteroatoms. The molecule has 0 unspecified atom stereocenters. The molecular weight excluding hydrogens is 268 g/mol. The van der Waals surface area contributed by atoms with Crippen molar-refractivity contribution in [3.63, 3.8) is 0 Å². The molecule has 0 aliphatic rings. The third-order valence-corrected chi connectivity index (χ3v) is 2.42. The molecule has 0 saturated heterocycles. The normalized spacial score (nSPS) is 11.9. The van der Waals surface area contributed by atoms with Gasteiger partial charge in [0.15, 0.2) is 12.2 Å². The highest BCUT2D eigenvalue weighted by molar-refractivity contribution is 5.93. The molecule has 5 nitrogen and oxygen atoms in total. The van der Waals surface area contributed by atoms with E-state index in [4.69, 9.17) is 9.47 Å². The maximum Gasteiger partial charge on any atom is 0.179 e. The fraction of sp³-hybridized carbons (Fsp3) is 0.375. The number of Topliss-reactive ketones (excluding diaryl/α,β-unsaturated/α-hetero) is 1. The van der Waals surface area contributed by atoms with Crippen LogP contribution in [-0.2, 0) is 20.9 Å². The molecule has 0 heterocycles. The van der Waals surface area contributed by atoms with Crippen LogP contribution in [0.15, 0.2) is 47.2 Å². The van der Waals surface area contributed by atoms with Gasteiger partial charge in [-0.3, -0.25) is 4.79 Å². The molecule has 114 valence electrons. The number of carbonyl (C=O) groups is 1. The van der Waals surface area contributed by atoms with Gasteiger partial charge in [-0.25, -0.2) is 4.99 Å². The van der Waals surface area contributed by atoms with Crippen molar-refractivity contribution in [1.29, 1.82) is 0 Å². The first-order valence-corrected chi connectivity index (χ1v) is 6.83. The van der Waals surface area contributed by atoms with Gasteiger partial charge in [0.25, 0.3) is 0 Å². The number of benzene rings is 1. The van der Waals surface area contributed by atoms with E-state index in [-0.39, 0.29) is 11.9 Å². The molecular formula is C16H22N2O3. The quantitative estimate of drug-likeness (QED) is 0.250. The summed E-state index contributed by atoms with van der Waals surface area (Å²) in [5, 5.41) is 2.90. The van der Waals surface area contributed by atoms with E-state index in [9.17, 15) is 4.79 Å². The van der Waals surface area contributed by atoms with Crippen molar-refractivity contribution in [1.82, 2.24) is 5.32 Å². The van der Waals surface area contributed by atoms with Crippen LogP contribution < -0.4 is 5.32 Å². The number of ether oxygens (including phenoxy) is 2. The van der Waals surface area contributed by atoms with E-state index in [1.165, 1.54) is 19.5 Å². The van der Waals surface area contributed by atoms with Crippen molar-refractivity contribution in [2.24, 2.45) is 4.99 Å². The molecule has 0 spiro atoms. The van der Waals surface area contributed by atoms with Gasteiger partial charge in [-0.15, -0.1) is 0 Å². The van der Waals surface area contributed by atoms with Crippen LogP contribution in [0.25, 0.3) is 0 Å². The predicted molar refractivity (Wildman–Crippen MR) is 82.7 cm³/mol. The minimum Gasteiger partial charge on any atom is -0.481 e. The van der Waals surface area contributed by atoms with Gasteiger partial charge in [-0.1, -0.05) is 30.3 Å². The largest absolute Gasteiger partial charge is 0.481 e. The van der Waals surface area contributed by atoms with Gasteiger partial charge in [-0.2, -0.15) is 0 Å². The van der Waals surface area contributed by atoms with E-state index in [0.717, 1.165) is 5.56 Å². The van der Waals surface area contributed by atoms with Crippen LogP contribution in [0.1, 0.15) is 26.3 Å². The zero-order chi connectivity index (χ0) is 15.5. The lowest BCUT2D eigenvalue weighted by atomic mass is 10.2.